The number of hydrogen-bond donors (Lipinski definition) is 0. The molecule has 2 nitrogen and oxygen atoms in total. The van der Waals surface area contributed by atoms with E-state index in [0.717, 1.165) is 54.8 Å². The van der Waals surface area contributed by atoms with Crippen LogP contribution in [0.4, 0.5) is 0 Å². The highest BCUT2D eigenvalue weighted by Gasteiger charge is 2.48. The zero-order valence-corrected chi connectivity index (χ0v) is 38.0. The molecule has 1 saturated carbocycles. The molecule has 1 unspecified atom stereocenters. The second-order valence-corrected chi connectivity index (χ2v) is 18.8. The molecule has 0 amide bonds. The fourth-order valence-electron chi connectivity index (χ4n) is 11.8. The third-order valence-corrected chi connectivity index (χ3v) is 14.9. The fourth-order valence-corrected chi connectivity index (χ4v) is 11.8. The Kier molecular flexibility index (Phi) is 9.86. The number of hydrogen-bond acceptors (Lipinski definition) is 1. The molecule has 0 N–H and O–H groups in total. The van der Waals surface area contributed by atoms with Crippen LogP contribution in [0.3, 0.4) is 0 Å². The van der Waals surface area contributed by atoms with E-state index in [1.165, 1.54) is 83.0 Å². The lowest BCUT2D eigenvalue weighted by molar-refractivity contribution is 0.771. The zero-order valence-electron chi connectivity index (χ0n) is 38.0. The van der Waals surface area contributed by atoms with Crippen molar-refractivity contribution in [1.29, 1.82) is 0 Å². The Morgan fingerprint density at radius 3 is 1.84 bits per heavy atom. The molecular weight excluding hydrogens is 821 g/mol. The molecule has 0 bridgehead atoms. The van der Waals surface area contributed by atoms with Gasteiger partial charge in [-0.15, -0.1) is 0 Å². The van der Waals surface area contributed by atoms with Gasteiger partial charge in [-0.2, -0.15) is 0 Å². The summed E-state index contributed by atoms with van der Waals surface area (Å²) >= 11 is 0. The van der Waals surface area contributed by atoms with E-state index < -0.39 is 5.41 Å². The lowest BCUT2D eigenvalue weighted by Gasteiger charge is -2.34. The number of para-hydroxylation sites is 1. The van der Waals surface area contributed by atoms with Gasteiger partial charge >= 0.3 is 0 Å². The van der Waals surface area contributed by atoms with E-state index in [4.69, 9.17) is 4.99 Å². The van der Waals surface area contributed by atoms with Crippen molar-refractivity contribution in [2.75, 3.05) is 0 Å². The Balaban J connectivity index is 0.998. The topological polar surface area (TPSA) is 17.3 Å². The number of allylic oxidation sites excluding steroid dienone is 3. The lowest BCUT2D eigenvalue weighted by atomic mass is 9.67. The first kappa shape index (κ1) is 40.2. The molecule has 9 aromatic carbocycles. The fraction of sp³-hybridized carbons (Fsp3) is 0.106. The molecule has 3 aliphatic rings. The molecule has 13 rings (SSSR count). The molecule has 10 aromatic rings. The van der Waals surface area contributed by atoms with Crippen LogP contribution in [0.2, 0.25) is 0 Å². The molecule has 1 fully saturated rings. The Morgan fingerprint density at radius 1 is 0.471 bits per heavy atom. The minimum Gasteiger partial charge on any atom is -0.309 e. The molecular formula is C66H50N2. The summed E-state index contributed by atoms with van der Waals surface area (Å²) in [6.45, 7) is 0. The third-order valence-electron chi connectivity index (χ3n) is 14.9. The third kappa shape index (κ3) is 6.66. The number of fused-ring (bicyclic) bond motifs is 8. The molecule has 0 radical (unpaired) electrons. The summed E-state index contributed by atoms with van der Waals surface area (Å²) in [5, 5.41) is 2.51. The summed E-state index contributed by atoms with van der Waals surface area (Å²) in [5.41, 5.74) is 22.3. The molecule has 1 aromatic heterocycles. The maximum absolute atomic E-state index is 5.72. The molecule has 2 heterocycles. The molecule has 0 saturated heterocycles. The smallest absolute Gasteiger partial charge is 0.0734 e. The number of rotatable bonds is 7. The summed E-state index contributed by atoms with van der Waals surface area (Å²) in [7, 11) is 0. The van der Waals surface area contributed by atoms with Crippen LogP contribution < -0.4 is 0 Å². The van der Waals surface area contributed by atoms with Gasteiger partial charge < -0.3 is 4.57 Å². The van der Waals surface area contributed by atoms with E-state index in [9.17, 15) is 0 Å². The Morgan fingerprint density at radius 2 is 1.09 bits per heavy atom. The predicted octanol–water partition coefficient (Wildman–Crippen LogP) is 16.7. The van der Waals surface area contributed by atoms with Crippen LogP contribution in [0.1, 0.15) is 71.0 Å². The van der Waals surface area contributed by atoms with Gasteiger partial charge in [-0.05, 0) is 117 Å². The quantitative estimate of drug-likeness (QED) is 0.152. The largest absolute Gasteiger partial charge is 0.309 e. The SMILES string of the molecule is C1=C(c2ccccc2)\N=C(\c2cccc(-n3c4ccccc4c4ccc5c(c43)C(c3ccccc3)(c3ccccc3)c3ccccc3-5)c2)CC2C/C2=C(/c2ccc(-c3ccccc3)cc2)CCC/1. The normalized spacial score (nSPS) is 18.9. The van der Waals surface area contributed by atoms with Crippen LogP contribution in [0, 0.1) is 5.92 Å². The van der Waals surface area contributed by atoms with Crippen LogP contribution in [-0.4, -0.2) is 10.3 Å². The Labute approximate surface area is 398 Å². The molecule has 2 heteroatoms. The highest BCUT2D eigenvalue weighted by molar-refractivity contribution is 6.14. The predicted molar refractivity (Wildman–Crippen MR) is 284 cm³/mol. The van der Waals surface area contributed by atoms with E-state index in [1.807, 2.05) is 0 Å². The van der Waals surface area contributed by atoms with Crippen LogP contribution >= 0.6 is 0 Å². The first-order valence-corrected chi connectivity index (χ1v) is 24.3. The van der Waals surface area contributed by atoms with Crippen LogP contribution in [0.25, 0.3) is 61.0 Å². The number of aliphatic imine (C=N–C) groups is 1. The lowest BCUT2D eigenvalue weighted by Crippen LogP contribution is -2.29. The highest BCUT2D eigenvalue weighted by Crippen LogP contribution is 2.59. The van der Waals surface area contributed by atoms with E-state index in [0.29, 0.717) is 5.92 Å². The summed E-state index contributed by atoms with van der Waals surface area (Å²) in [6.07, 6.45) is 7.49. The average molecular weight is 871 g/mol. The zero-order chi connectivity index (χ0) is 45.0. The number of benzene rings is 9. The van der Waals surface area contributed by atoms with Crippen LogP contribution in [0.15, 0.2) is 247 Å². The van der Waals surface area contributed by atoms with Crippen LogP contribution in [0.5, 0.6) is 0 Å². The summed E-state index contributed by atoms with van der Waals surface area (Å²) in [4.78, 5) is 5.72. The maximum Gasteiger partial charge on any atom is 0.0734 e. The second kappa shape index (κ2) is 16.7. The maximum atomic E-state index is 5.72. The highest BCUT2D eigenvalue weighted by atomic mass is 15.0. The Bertz CT molecular complexity index is 3570. The van der Waals surface area contributed by atoms with Gasteiger partial charge in [0.25, 0.3) is 0 Å². The summed E-state index contributed by atoms with van der Waals surface area (Å²) < 4.78 is 2.57. The first-order valence-electron chi connectivity index (χ1n) is 24.3. The average Bonchev–Trinajstić information content (AvgIpc) is 3.99. The standard InChI is InChI=1S/C66H50N2/c1-5-20-45(21-6-1)46-36-38-47(39-37-46)54-30-14-17-34-61(48-22-7-2-8-23-48)67-62(44-50-43-59(50)54)49-24-19-29-53(42-49)68-63-35-18-15-32-56(63)58-41-40-57-55-31-13-16-33-60(55)66(64(57)65(58)68,51-25-9-3-10-26-51)52-27-11-4-12-28-52/h1-13,15-16,18-29,31-42,50H,14,17,30,43-44H2/b59-54-,61-34-,67-62+. The molecule has 2 aliphatic carbocycles. The van der Waals surface area contributed by atoms with Crippen molar-refractivity contribution in [3.05, 3.63) is 281 Å². The van der Waals surface area contributed by atoms with Gasteiger partial charge in [-0.3, -0.25) is 4.99 Å². The van der Waals surface area contributed by atoms with Crippen LogP contribution in [-0.2, 0) is 5.41 Å². The van der Waals surface area contributed by atoms with Gasteiger partial charge in [0.15, 0.2) is 0 Å². The molecule has 68 heavy (non-hydrogen) atoms. The molecule has 1 aliphatic heterocycles. The van der Waals surface area contributed by atoms with Gasteiger partial charge in [0.1, 0.15) is 0 Å². The van der Waals surface area contributed by atoms with Gasteiger partial charge in [0.2, 0.25) is 0 Å². The number of nitrogens with zero attached hydrogens (tertiary/aromatic N) is 2. The molecule has 1 atom stereocenters. The van der Waals surface area contributed by atoms with E-state index >= 15 is 0 Å². The van der Waals surface area contributed by atoms with Crippen molar-refractivity contribution in [1.82, 2.24) is 4.57 Å². The van der Waals surface area contributed by atoms with Crippen molar-refractivity contribution < 1.29 is 0 Å². The number of aromatic nitrogens is 1. The van der Waals surface area contributed by atoms with E-state index in [2.05, 4.69) is 241 Å². The van der Waals surface area contributed by atoms with Crippen molar-refractivity contribution in [3.8, 4) is 27.9 Å². The summed E-state index contributed by atoms with van der Waals surface area (Å²) in [5.74, 6) is 0.448. The van der Waals surface area contributed by atoms with Gasteiger partial charge in [-0.25, -0.2) is 0 Å². The Hall–Kier alpha value is -8.07. The minimum atomic E-state index is -0.555. The molecule has 0 spiro atoms. The van der Waals surface area contributed by atoms with Crippen molar-refractivity contribution in [2.45, 2.75) is 37.5 Å². The first-order chi connectivity index (χ1) is 33.7. The van der Waals surface area contributed by atoms with Gasteiger partial charge in [0.05, 0.1) is 22.1 Å². The minimum absolute atomic E-state index is 0.448. The van der Waals surface area contributed by atoms with E-state index in [1.54, 1.807) is 5.57 Å². The second-order valence-electron chi connectivity index (χ2n) is 18.8. The van der Waals surface area contributed by atoms with E-state index in [-0.39, 0.29) is 0 Å². The van der Waals surface area contributed by atoms with Gasteiger partial charge in [-0.1, -0.05) is 224 Å². The monoisotopic (exact) mass is 870 g/mol. The van der Waals surface area contributed by atoms with Crippen molar-refractivity contribution >= 4 is 38.8 Å². The van der Waals surface area contributed by atoms with Gasteiger partial charge in [0, 0.05) is 27.7 Å². The summed E-state index contributed by atoms with van der Waals surface area (Å²) in [6, 6.07) is 85.4. The molecule has 324 valence electrons. The van der Waals surface area contributed by atoms with Crippen molar-refractivity contribution in [3.63, 3.8) is 0 Å². The van der Waals surface area contributed by atoms with Crippen molar-refractivity contribution in [2.24, 2.45) is 10.9 Å².